The molecule has 0 saturated carbocycles. The standard InChI is InChI=1S/C10H18N4O/c1-4-10(2,11)9(15)12-7-8-5-6-14(3)13-8/h5-6H,4,7,11H2,1-3H3,(H,12,15). The number of aromatic nitrogens is 2. The Bertz CT molecular complexity index is 343. The summed E-state index contributed by atoms with van der Waals surface area (Å²) in [4.78, 5) is 11.6. The summed E-state index contributed by atoms with van der Waals surface area (Å²) in [7, 11) is 1.84. The van der Waals surface area contributed by atoms with Crippen LogP contribution in [0.3, 0.4) is 0 Å². The van der Waals surface area contributed by atoms with E-state index in [1.807, 2.05) is 26.2 Å². The molecule has 1 heterocycles. The number of nitrogens with one attached hydrogen (secondary N) is 1. The third-order valence-corrected chi connectivity index (χ3v) is 2.45. The van der Waals surface area contributed by atoms with Gasteiger partial charge in [0.05, 0.1) is 17.8 Å². The second-order valence-electron chi connectivity index (χ2n) is 3.93. The Morgan fingerprint density at radius 3 is 2.87 bits per heavy atom. The number of hydrogen-bond donors (Lipinski definition) is 2. The number of amides is 1. The first-order chi connectivity index (χ1) is 6.95. The van der Waals surface area contributed by atoms with E-state index in [2.05, 4.69) is 10.4 Å². The Hall–Kier alpha value is -1.36. The van der Waals surface area contributed by atoms with E-state index < -0.39 is 5.54 Å². The Morgan fingerprint density at radius 1 is 1.73 bits per heavy atom. The fourth-order valence-electron chi connectivity index (χ4n) is 1.09. The summed E-state index contributed by atoms with van der Waals surface area (Å²) >= 11 is 0. The molecule has 0 spiro atoms. The van der Waals surface area contributed by atoms with Gasteiger partial charge < -0.3 is 11.1 Å². The van der Waals surface area contributed by atoms with Crippen molar-refractivity contribution in [3.8, 4) is 0 Å². The van der Waals surface area contributed by atoms with E-state index in [9.17, 15) is 4.79 Å². The van der Waals surface area contributed by atoms with Crippen molar-refractivity contribution < 1.29 is 4.79 Å². The van der Waals surface area contributed by atoms with Crippen LogP contribution in [0.5, 0.6) is 0 Å². The predicted molar refractivity (Wildman–Crippen MR) is 57.9 cm³/mol. The van der Waals surface area contributed by atoms with Crippen molar-refractivity contribution in [2.75, 3.05) is 0 Å². The third kappa shape index (κ3) is 3.06. The number of nitrogens with zero attached hydrogens (tertiary/aromatic N) is 2. The maximum Gasteiger partial charge on any atom is 0.240 e. The monoisotopic (exact) mass is 210 g/mol. The molecule has 0 bridgehead atoms. The van der Waals surface area contributed by atoms with Crippen LogP contribution in [0.1, 0.15) is 26.0 Å². The SMILES string of the molecule is CCC(C)(N)C(=O)NCc1ccn(C)n1. The molecule has 0 aromatic carbocycles. The van der Waals surface area contributed by atoms with Gasteiger partial charge in [-0.3, -0.25) is 9.48 Å². The van der Waals surface area contributed by atoms with Crippen molar-refractivity contribution in [2.45, 2.75) is 32.4 Å². The van der Waals surface area contributed by atoms with Gasteiger partial charge in [0.25, 0.3) is 0 Å². The summed E-state index contributed by atoms with van der Waals surface area (Å²) in [5, 5.41) is 6.92. The molecule has 15 heavy (non-hydrogen) atoms. The van der Waals surface area contributed by atoms with Gasteiger partial charge in [0.1, 0.15) is 0 Å². The van der Waals surface area contributed by atoms with E-state index >= 15 is 0 Å². The van der Waals surface area contributed by atoms with Gasteiger partial charge in [0, 0.05) is 13.2 Å². The van der Waals surface area contributed by atoms with Crippen LogP contribution in [0.4, 0.5) is 0 Å². The first-order valence-corrected chi connectivity index (χ1v) is 5.01. The van der Waals surface area contributed by atoms with Crippen molar-refractivity contribution >= 4 is 5.91 Å². The molecular weight excluding hydrogens is 192 g/mol. The number of carbonyl (C=O) groups is 1. The fraction of sp³-hybridized carbons (Fsp3) is 0.600. The Labute approximate surface area is 89.6 Å². The van der Waals surface area contributed by atoms with Gasteiger partial charge in [-0.05, 0) is 19.4 Å². The molecule has 0 saturated heterocycles. The largest absolute Gasteiger partial charge is 0.349 e. The maximum absolute atomic E-state index is 11.6. The Kier molecular flexibility index (Phi) is 3.47. The van der Waals surface area contributed by atoms with Crippen LogP contribution in [0.25, 0.3) is 0 Å². The first-order valence-electron chi connectivity index (χ1n) is 5.01. The number of aryl methyl sites for hydroxylation is 1. The smallest absolute Gasteiger partial charge is 0.240 e. The minimum absolute atomic E-state index is 0.143. The van der Waals surface area contributed by atoms with Crippen LogP contribution in [-0.4, -0.2) is 21.2 Å². The molecule has 3 N–H and O–H groups in total. The van der Waals surface area contributed by atoms with Crippen molar-refractivity contribution in [2.24, 2.45) is 12.8 Å². The summed E-state index contributed by atoms with van der Waals surface area (Å²) in [5.41, 5.74) is 5.83. The average molecular weight is 210 g/mol. The van der Waals surface area contributed by atoms with Gasteiger partial charge in [0.2, 0.25) is 5.91 Å². The molecule has 84 valence electrons. The normalized spacial score (nSPS) is 14.7. The van der Waals surface area contributed by atoms with Gasteiger partial charge in [-0.1, -0.05) is 6.92 Å². The highest BCUT2D eigenvalue weighted by molar-refractivity contribution is 5.85. The van der Waals surface area contributed by atoms with Gasteiger partial charge in [-0.25, -0.2) is 0 Å². The van der Waals surface area contributed by atoms with Crippen molar-refractivity contribution in [3.63, 3.8) is 0 Å². The highest BCUT2D eigenvalue weighted by Crippen LogP contribution is 2.04. The van der Waals surface area contributed by atoms with Crippen molar-refractivity contribution in [1.82, 2.24) is 15.1 Å². The van der Waals surface area contributed by atoms with Crippen LogP contribution in [0, 0.1) is 0 Å². The Balaban J connectivity index is 2.47. The van der Waals surface area contributed by atoms with Gasteiger partial charge >= 0.3 is 0 Å². The average Bonchev–Trinajstić information content (AvgIpc) is 2.60. The topological polar surface area (TPSA) is 72.9 Å². The Morgan fingerprint density at radius 2 is 2.40 bits per heavy atom. The van der Waals surface area contributed by atoms with E-state index in [1.54, 1.807) is 11.6 Å². The number of rotatable bonds is 4. The lowest BCUT2D eigenvalue weighted by Crippen LogP contribution is -2.50. The molecule has 0 aliphatic rings. The van der Waals surface area contributed by atoms with E-state index in [0.29, 0.717) is 13.0 Å². The number of nitrogens with two attached hydrogens (primary N) is 1. The molecule has 5 heteroatoms. The van der Waals surface area contributed by atoms with Crippen LogP contribution in [0.15, 0.2) is 12.3 Å². The molecule has 0 aliphatic carbocycles. The van der Waals surface area contributed by atoms with Crippen molar-refractivity contribution in [3.05, 3.63) is 18.0 Å². The van der Waals surface area contributed by atoms with E-state index in [4.69, 9.17) is 5.73 Å². The molecular formula is C10H18N4O. The number of hydrogen-bond acceptors (Lipinski definition) is 3. The van der Waals surface area contributed by atoms with Gasteiger partial charge in [0.15, 0.2) is 0 Å². The summed E-state index contributed by atoms with van der Waals surface area (Å²) < 4.78 is 1.70. The van der Waals surface area contributed by atoms with Gasteiger partial charge in [-0.2, -0.15) is 5.10 Å². The lowest BCUT2D eigenvalue weighted by Gasteiger charge is -2.21. The van der Waals surface area contributed by atoms with E-state index in [-0.39, 0.29) is 5.91 Å². The molecule has 1 aromatic rings. The van der Waals surface area contributed by atoms with E-state index in [0.717, 1.165) is 5.69 Å². The first kappa shape index (κ1) is 11.7. The quantitative estimate of drug-likeness (QED) is 0.743. The molecule has 0 radical (unpaired) electrons. The minimum Gasteiger partial charge on any atom is -0.349 e. The molecule has 1 unspecified atom stereocenters. The zero-order valence-electron chi connectivity index (χ0n) is 9.45. The third-order valence-electron chi connectivity index (χ3n) is 2.45. The molecule has 1 amide bonds. The lowest BCUT2D eigenvalue weighted by atomic mass is 10.00. The second-order valence-corrected chi connectivity index (χ2v) is 3.93. The molecule has 1 aromatic heterocycles. The zero-order chi connectivity index (χ0) is 11.5. The zero-order valence-corrected chi connectivity index (χ0v) is 9.45. The highest BCUT2D eigenvalue weighted by atomic mass is 16.2. The van der Waals surface area contributed by atoms with Crippen LogP contribution >= 0.6 is 0 Å². The molecule has 0 aliphatic heterocycles. The highest BCUT2D eigenvalue weighted by Gasteiger charge is 2.25. The van der Waals surface area contributed by atoms with Crippen LogP contribution in [0.2, 0.25) is 0 Å². The van der Waals surface area contributed by atoms with Crippen molar-refractivity contribution in [1.29, 1.82) is 0 Å². The fourth-order valence-corrected chi connectivity index (χ4v) is 1.09. The van der Waals surface area contributed by atoms with Gasteiger partial charge in [-0.15, -0.1) is 0 Å². The predicted octanol–water partition coefficient (Wildman–Crippen LogP) is 0.164. The van der Waals surface area contributed by atoms with Crippen LogP contribution < -0.4 is 11.1 Å². The minimum atomic E-state index is -0.797. The molecule has 0 fully saturated rings. The molecule has 5 nitrogen and oxygen atoms in total. The van der Waals surface area contributed by atoms with Crippen LogP contribution in [-0.2, 0) is 18.4 Å². The summed E-state index contributed by atoms with van der Waals surface area (Å²) in [6.45, 7) is 4.04. The molecule has 1 atom stereocenters. The number of carbonyl (C=O) groups excluding carboxylic acids is 1. The summed E-state index contributed by atoms with van der Waals surface area (Å²) in [6.07, 6.45) is 2.45. The molecule has 1 rings (SSSR count). The lowest BCUT2D eigenvalue weighted by molar-refractivity contribution is -0.126. The maximum atomic E-state index is 11.6. The summed E-state index contributed by atoms with van der Waals surface area (Å²) in [6, 6.07) is 1.86. The second kappa shape index (κ2) is 4.44. The summed E-state index contributed by atoms with van der Waals surface area (Å²) in [5.74, 6) is -0.143. The van der Waals surface area contributed by atoms with E-state index in [1.165, 1.54) is 0 Å².